The largest absolute Gasteiger partial charge is 0.480 e. The highest BCUT2D eigenvalue weighted by atomic mass is 16.4. The van der Waals surface area contributed by atoms with E-state index in [-0.39, 0.29) is 0 Å². The Morgan fingerprint density at radius 1 is 1.62 bits per heavy atom. The lowest BCUT2D eigenvalue weighted by Gasteiger charge is -2.05. The van der Waals surface area contributed by atoms with Crippen molar-refractivity contribution >= 4 is 12.3 Å². The van der Waals surface area contributed by atoms with Gasteiger partial charge >= 0.3 is 5.97 Å². The number of carboxylic acids is 1. The van der Waals surface area contributed by atoms with Crippen LogP contribution in [-0.2, 0) is 4.79 Å². The number of hydrogen-bond acceptors (Lipinski definition) is 4. The fourth-order valence-corrected chi connectivity index (χ4v) is 0.832. The van der Waals surface area contributed by atoms with Gasteiger partial charge in [-0.2, -0.15) is 5.10 Å². The summed E-state index contributed by atoms with van der Waals surface area (Å²) in [5, 5.41) is 14.5. The molecule has 6 nitrogen and oxygen atoms in total. The summed E-state index contributed by atoms with van der Waals surface area (Å²) >= 11 is 0. The van der Waals surface area contributed by atoms with E-state index in [0.29, 0.717) is 6.42 Å². The second-order valence-electron chi connectivity index (χ2n) is 2.67. The van der Waals surface area contributed by atoms with Gasteiger partial charge in [0.2, 0.25) is 0 Å². The van der Waals surface area contributed by atoms with Gasteiger partial charge in [0, 0.05) is 6.54 Å². The Morgan fingerprint density at radius 2 is 2.31 bits per heavy atom. The zero-order valence-electron chi connectivity index (χ0n) is 7.44. The summed E-state index contributed by atoms with van der Waals surface area (Å²) in [6.45, 7) is 0.729. The number of carbonyl (C=O) groups is 1. The van der Waals surface area contributed by atoms with E-state index in [1.165, 1.54) is 6.34 Å². The molecule has 6 N–H and O–H groups in total. The summed E-state index contributed by atoms with van der Waals surface area (Å²) in [6, 6.07) is -0.747. The number of aliphatic carboxylic acids is 1. The van der Waals surface area contributed by atoms with Crippen LogP contribution in [0, 0.1) is 0 Å². The molecule has 0 heterocycles. The van der Waals surface area contributed by atoms with Crippen LogP contribution in [0.4, 0.5) is 0 Å². The Labute approximate surface area is 77.0 Å². The third-order valence-corrected chi connectivity index (χ3v) is 1.57. The standard InChI is InChI=1S/C7H16N4O2/c8-6(7(12)13)3-1-2-4-10-5-11-9/h5-6H,1-4,8-9H2,(H,10,11)(H,12,13). The van der Waals surface area contributed by atoms with E-state index in [9.17, 15) is 4.79 Å². The molecule has 0 aromatic carbocycles. The fourth-order valence-electron chi connectivity index (χ4n) is 0.832. The number of unbranched alkanes of at least 4 members (excludes halogenated alkanes) is 1. The van der Waals surface area contributed by atoms with Gasteiger partial charge in [-0.05, 0) is 19.3 Å². The van der Waals surface area contributed by atoms with Crippen molar-refractivity contribution in [1.82, 2.24) is 5.32 Å². The molecule has 0 aliphatic heterocycles. The normalized spacial score (nSPS) is 13.0. The number of hydrogen-bond donors (Lipinski definition) is 4. The Hall–Kier alpha value is -1.30. The molecule has 0 bridgehead atoms. The average Bonchev–Trinajstić information content (AvgIpc) is 2.10. The van der Waals surface area contributed by atoms with Crippen LogP contribution in [0.3, 0.4) is 0 Å². The van der Waals surface area contributed by atoms with Crippen molar-refractivity contribution < 1.29 is 9.90 Å². The minimum absolute atomic E-state index is 0.497. The van der Waals surface area contributed by atoms with Gasteiger partial charge in [-0.3, -0.25) is 4.79 Å². The molecule has 0 aromatic heterocycles. The molecule has 6 heteroatoms. The Morgan fingerprint density at radius 3 is 2.85 bits per heavy atom. The second kappa shape index (κ2) is 7.35. The summed E-state index contributed by atoms with van der Waals surface area (Å²) in [6.07, 6.45) is 3.53. The van der Waals surface area contributed by atoms with Gasteiger partial charge in [-0.15, -0.1) is 0 Å². The second-order valence-corrected chi connectivity index (χ2v) is 2.67. The molecule has 76 valence electrons. The molecule has 1 unspecified atom stereocenters. The molecular formula is C7H16N4O2. The maximum Gasteiger partial charge on any atom is 0.320 e. The zero-order chi connectivity index (χ0) is 10.1. The third-order valence-electron chi connectivity index (χ3n) is 1.57. The molecule has 0 saturated carbocycles. The highest BCUT2D eigenvalue weighted by molar-refractivity contribution is 5.72. The van der Waals surface area contributed by atoms with Crippen molar-refractivity contribution in [1.29, 1.82) is 0 Å². The molecule has 0 spiro atoms. The van der Waals surface area contributed by atoms with Crippen molar-refractivity contribution in [2.24, 2.45) is 16.7 Å². The van der Waals surface area contributed by atoms with Crippen LogP contribution < -0.4 is 16.9 Å². The Kier molecular flexibility index (Phi) is 6.62. The molecular weight excluding hydrogens is 172 g/mol. The average molecular weight is 188 g/mol. The van der Waals surface area contributed by atoms with Crippen LogP contribution in [0.5, 0.6) is 0 Å². The molecule has 0 fully saturated rings. The van der Waals surface area contributed by atoms with E-state index in [1.54, 1.807) is 0 Å². The van der Waals surface area contributed by atoms with E-state index in [2.05, 4.69) is 10.4 Å². The van der Waals surface area contributed by atoms with E-state index in [1.807, 2.05) is 0 Å². The molecule has 0 rings (SSSR count). The number of nitrogens with two attached hydrogens (primary N) is 2. The van der Waals surface area contributed by atoms with E-state index < -0.39 is 12.0 Å². The van der Waals surface area contributed by atoms with Gasteiger partial charge in [0.05, 0.1) is 0 Å². The summed E-state index contributed by atoms with van der Waals surface area (Å²) in [7, 11) is 0. The lowest BCUT2D eigenvalue weighted by atomic mass is 10.1. The smallest absolute Gasteiger partial charge is 0.320 e. The van der Waals surface area contributed by atoms with Crippen LogP contribution in [-0.4, -0.2) is 30.0 Å². The monoisotopic (exact) mass is 188 g/mol. The van der Waals surface area contributed by atoms with Gasteiger partial charge in [0.1, 0.15) is 12.4 Å². The van der Waals surface area contributed by atoms with Gasteiger partial charge in [-0.1, -0.05) is 0 Å². The van der Waals surface area contributed by atoms with E-state index in [0.717, 1.165) is 19.4 Å². The number of nitrogens with one attached hydrogen (secondary N) is 1. The Bertz CT molecular complexity index is 172. The molecule has 0 radical (unpaired) electrons. The number of hydrazone groups is 1. The van der Waals surface area contributed by atoms with Crippen LogP contribution in [0.25, 0.3) is 0 Å². The molecule has 0 amide bonds. The predicted molar refractivity (Wildman–Crippen MR) is 50.1 cm³/mol. The highest BCUT2D eigenvalue weighted by Crippen LogP contribution is 1.97. The molecule has 0 aliphatic carbocycles. The van der Waals surface area contributed by atoms with Crippen molar-refractivity contribution in [3.8, 4) is 0 Å². The first kappa shape index (κ1) is 11.7. The van der Waals surface area contributed by atoms with Crippen molar-refractivity contribution in [2.45, 2.75) is 25.3 Å². The van der Waals surface area contributed by atoms with Gasteiger partial charge < -0.3 is 22.0 Å². The topological polar surface area (TPSA) is 114 Å². The lowest BCUT2D eigenvalue weighted by molar-refractivity contribution is -0.138. The van der Waals surface area contributed by atoms with Crippen molar-refractivity contribution in [3.63, 3.8) is 0 Å². The van der Waals surface area contributed by atoms with Gasteiger partial charge in [0.25, 0.3) is 0 Å². The van der Waals surface area contributed by atoms with Crippen LogP contribution in [0.15, 0.2) is 5.10 Å². The molecule has 0 aliphatic rings. The first-order valence-electron chi connectivity index (χ1n) is 4.12. The van der Waals surface area contributed by atoms with Crippen molar-refractivity contribution in [2.75, 3.05) is 6.54 Å². The quantitative estimate of drug-likeness (QED) is 0.135. The summed E-state index contributed by atoms with van der Waals surface area (Å²) in [4.78, 5) is 10.3. The maximum absolute atomic E-state index is 10.3. The van der Waals surface area contributed by atoms with Gasteiger partial charge in [0.15, 0.2) is 0 Å². The maximum atomic E-state index is 10.3. The Balaban J connectivity index is 3.20. The summed E-state index contributed by atoms with van der Waals surface area (Å²) in [5.74, 6) is 3.89. The minimum Gasteiger partial charge on any atom is -0.480 e. The molecule has 13 heavy (non-hydrogen) atoms. The van der Waals surface area contributed by atoms with Crippen LogP contribution >= 0.6 is 0 Å². The van der Waals surface area contributed by atoms with E-state index >= 15 is 0 Å². The van der Waals surface area contributed by atoms with Crippen molar-refractivity contribution in [3.05, 3.63) is 0 Å². The highest BCUT2D eigenvalue weighted by Gasteiger charge is 2.09. The van der Waals surface area contributed by atoms with Crippen LogP contribution in [0.1, 0.15) is 19.3 Å². The van der Waals surface area contributed by atoms with E-state index in [4.69, 9.17) is 16.7 Å². The van der Waals surface area contributed by atoms with Gasteiger partial charge in [-0.25, -0.2) is 0 Å². The fraction of sp³-hybridized carbons (Fsp3) is 0.714. The third kappa shape index (κ3) is 7.07. The molecule has 1 atom stereocenters. The lowest BCUT2D eigenvalue weighted by Crippen LogP contribution is -2.30. The number of rotatable bonds is 7. The first-order valence-corrected chi connectivity index (χ1v) is 4.12. The SMILES string of the molecule is NN=CNCCCCC(N)C(=O)O. The molecule has 0 saturated heterocycles. The number of nitrogens with zero attached hydrogens (tertiary/aromatic N) is 1. The zero-order valence-corrected chi connectivity index (χ0v) is 7.44. The molecule has 0 aromatic rings. The summed E-state index contributed by atoms with van der Waals surface area (Å²) in [5.41, 5.74) is 5.29. The minimum atomic E-state index is -0.948. The first-order chi connectivity index (χ1) is 6.18. The van der Waals surface area contributed by atoms with Crippen LogP contribution in [0.2, 0.25) is 0 Å². The predicted octanol–water partition coefficient (Wildman–Crippen LogP) is -0.940. The summed E-state index contributed by atoms with van der Waals surface area (Å²) < 4.78 is 0. The number of carboxylic acid groups (broad SMARTS) is 1.